The first-order chi connectivity index (χ1) is 11.9. The van der Waals surface area contributed by atoms with Gasteiger partial charge in [0.2, 0.25) is 0 Å². The molecule has 5 heteroatoms. The maximum atomic E-state index is 4.52. The molecule has 0 atom stereocenters. The minimum absolute atomic E-state index is 0.844. The number of hydrogen-bond acceptors (Lipinski definition) is 4. The van der Waals surface area contributed by atoms with Gasteiger partial charge in [0.15, 0.2) is 5.65 Å². The molecule has 0 saturated carbocycles. The first-order valence-corrected chi connectivity index (χ1v) is 8.49. The molecule has 1 aromatic carbocycles. The zero-order valence-electron chi connectivity index (χ0n) is 12.6. The van der Waals surface area contributed by atoms with Gasteiger partial charge in [-0.05, 0) is 29.6 Å². The number of aromatic nitrogens is 4. The monoisotopic (exact) mass is 328 g/mol. The predicted octanol–water partition coefficient (Wildman–Crippen LogP) is 4.67. The number of hydrogen-bond donors (Lipinski definition) is 0. The molecule has 0 spiro atoms. The van der Waals surface area contributed by atoms with E-state index in [0.29, 0.717) is 0 Å². The van der Waals surface area contributed by atoms with Crippen LogP contribution in [0, 0.1) is 0 Å². The van der Waals surface area contributed by atoms with Crippen molar-refractivity contribution in [3.05, 3.63) is 72.6 Å². The molecule has 0 amide bonds. The lowest BCUT2D eigenvalue weighted by molar-refractivity contribution is 1.14. The van der Waals surface area contributed by atoms with Crippen molar-refractivity contribution in [3.8, 4) is 21.8 Å². The van der Waals surface area contributed by atoms with Crippen LogP contribution in [0.2, 0.25) is 0 Å². The molecule has 0 N–H and O–H groups in total. The Morgan fingerprint density at radius 1 is 0.917 bits per heavy atom. The van der Waals surface area contributed by atoms with Crippen LogP contribution in [0.25, 0.3) is 38.4 Å². The number of benzene rings is 1. The maximum Gasteiger partial charge on any atom is 0.155 e. The topological polar surface area (TPSA) is 43.1 Å². The summed E-state index contributed by atoms with van der Waals surface area (Å²) < 4.78 is 2.10. The molecule has 4 heterocycles. The van der Waals surface area contributed by atoms with Crippen molar-refractivity contribution >= 4 is 27.9 Å². The maximum absolute atomic E-state index is 4.52. The fourth-order valence-corrected chi connectivity index (χ4v) is 3.58. The molecule has 0 saturated heterocycles. The third-order valence-corrected chi connectivity index (χ3v) is 4.96. The van der Waals surface area contributed by atoms with Crippen LogP contribution < -0.4 is 0 Å². The highest BCUT2D eigenvalue weighted by Crippen LogP contribution is 2.27. The summed E-state index contributed by atoms with van der Waals surface area (Å²) in [6, 6.07) is 14.4. The lowest BCUT2D eigenvalue weighted by atomic mass is 10.1. The normalized spacial score (nSPS) is 11.3. The second kappa shape index (κ2) is 5.25. The van der Waals surface area contributed by atoms with E-state index in [-0.39, 0.29) is 0 Å². The smallest absolute Gasteiger partial charge is 0.155 e. The summed E-state index contributed by atoms with van der Waals surface area (Å²) in [6.45, 7) is 0. The quantitative estimate of drug-likeness (QED) is 0.473. The molecule has 0 unspecified atom stereocenters. The van der Waals surface area contributed by atoms with Gasteiger partial charge in [-0.2, -0.15) is 0 Å². The molecule has 0 aliphatic rings. The van der Waals surface area contributed by atoms with Crippen molar-refractivity contribution in [2.45, 2.75) is 0 Å². The highest BCUT2D eigenvalue weighted by atomic mass is 32.1. The molecule has 0 bridgehead atoms. The fraction of sp³-hybridized carbons (Fsp3) is 0. The van der Waals surface area contributed by atoms with Crippen LogP contribution in [0.1, 0.15) is 0 Å². The number of imidazole rings is 1. The number of pyridine rings is 1. The molecule has 5 aromatic rings. The van der Waals surface area contributed by atoms with Gasteiger partial charge in [0.05, 0.1) is 34.2 Å². The fourth-order valence-electron chi connectivity index (χ4n) is 2.89. The minimum Gasteiger partial charge on any atom is -0.296 e. The van der Waals surface area contributed by atoms with Crippen molar-refractivity contribution in [3.63, 3.8) is 0 Å². The van der Waals surface area contributed by atoms with E-state index in [4.69, 9.17) is 0 Å². The molecule has 4 aromatic heterocycles. The third-order valence-electron chi connectivity index (χ3n) is 4.07. The molecule has 24 heavy (non-hydrogen) atoms. The SMILES string of the molecule is c1csc(-c2cn3c(-c4ccc5ncccc5c4)cnc3cn2)c1. The predicted molar refractivity (Wildman–Crippen MR) is 97.0 cm³/mol. The standard InChI is InChI=1S/C19H12N4S/c1-3-13-9-14(5-6-15(13)20-7-1)17-10-22-19-11-21-16(12-23(17)19)18-4-2-8-24-18/h1-12H. The van der Waals surface area contributed by atoms with Crippen molar-refractivity contribution in [1.29, 1.82) is 0 Å². The minimum atomic E-state index is 0.844. The van der Waals surface area contributed by atoms with Gasteiger partial charge in [0.25, 0.3) is 0 Å². The molecule has 0 aliphatic carbocycles. The second-order valence-electron chi connectivity index (χ2n) is 5.53. The average Bonchev–Trinajstić information content (AvgIpc) is 3.30. The van der Waals surface area contributed by atoms with Crippen LogP contribution in [0.4, 0.5) is 0 Å². The van der Waals surface area contributed by atoms with Gasteiger partial charge < -0.3 is 0 Å². The lowest BCUT2D eigenvalue weighted by Crippen LogP contribution is -1.92. The molecule has 0 radical (unpaired) electrons. The molecular formula is C19H12N4S. The van der Waals surface area contributed by atoms with Crippen molar-refractivity contribution in [2.75, 3.05) is 0 Å². The van der Waals surface area contributed by atoms with Crippen molar-refractivity contribution in [2.24, 2.45) is 0 Å². The zero-order chi connectivity index (χ0) is 15.9. The van der Waals surface area contributed by atoms with Gasteiger partial charge in [-0.25, -0.2) is 9.97 Å². The summed E-state index contributed by atoms with van der Waals surface area (Å²) in [6.07, 6.45) is 7.58. The van der Waals surface area contributed by atoms with E-state index in [1.807, 2.05) is 36.8 Å². The summed E-state index contributed by atoms with van der Waals surface area (Å²) in [7, 11) is 0. The molecule has 4 nitrogen and oxygen atoms in total. The molecule has 0 aliphatic heterocycles. The van der Waals surface area contributed by atoms with E-state index in [1.165, 1.54) is 0 Å². The summed E-state index contributed by atoms with van der Waals surface area (Å²) >= 11 is 1.69. The second-order valence-corrected chi connectivity index (χ2v) is 6.48. The van der Waals surface area contributed by atoms with E-state index < -0.39 is 0 Å². The van der Waals surface area contributed by atoms with Crippen molar-refractivity contribution < 1.29 is 0 Å². The van der Waals surface area contributed by atoms with Crippen LogP contribution >= 0.6 is 11.3 Å². The number of thiophene rings is 1. The van der Waals surface area contributed by atoms with Gasteiger partial charge in [-0.15, -0.1) is 11.3 Å². The average molecular weight is 328 g/mol. The number of rotatable bonds is 2. The van der Waals surface area contributed by atoms with Gasteiger partial charge in [-0.3, -0.25) is 9.38 Å². The Labute approximate surface area is 142 Å². The highest BCUT2D eigenvalue weighted by molar-refractivity contribution is 7.13. The summed E-state index contributed by atoms with van der Waals surface area (Å²) in [4.78, 5) is 14.5. The van der Waals surface area contributed by atoms with Gasteiger partial charge in [-0.1, -0.05) is 18.2 Å². The van der Waals surface area contributed by atoms with Crippen LogP contribution in [-0.4, -0.2) is 19.4 Å². The Bertz CT molecular complexity index is 1160. The Balaban J connectivity index is 1.71. The summed E-state index contributed by atoms with van der Waals surface area (Å²) in [5.74, 6) is 0. The third kappa shape index (κ3) is 2.10. The Morgan fingerprint density at radius 2 is 1.92 bits per heavy atom. The number of nitrogens with zero attached hydrogens (tertiary/aromatic N) is 4. The summed E-state index contributed by atoms with van der Waals surface area (Å²) in [5.41, 5.74) is 4.97. The molecular weight excluding hydrogens is 316 g/mol. The Hall–Kier alpha value is -3.05. The van der Waals surface area contributed by atoms with E-state index in [0.717, 1.165) is 38.4 Å². The van der Waals surface area contributed by atoms with E-state index in [1.54, 1.807) is 11.3 Å². The van der Waals surface area contributed by atoms with E-state index in [9.17, 15) is 0 Å². The molecule has 114 valence electrons. The van der Waals surface area contributed by atoms with Gasteiger partial charge in [0.1, 0.15) is 0 Å². The van der Waals surface area contributed by atoms with Crippen molar-refractivity contribution in [1.82, 2.24) is 19.4 Å². The van der Waals surface area contributed by atoms with E-state index in [2.05, 4.69) is 55.2 Å². The Kier molecular flexibility index (Phi) is 2.93. The van der Waals surface area contributed by atoms with Gasteiger partial charge in [0, 0.05) is 23.3 Å². The van der Waals surface area contributed by atoms with Crippen LogP contribution in [0.15, 0.2) is 72.6 Å². The van der Waals surface area contributed by atoms with E-state index >= 15 is 0 Å². The first-order valence-electron chi connectivity index (χ1n) is 7.61. The summed E-state index contributed by atoms with van der Waals surface area (Å²) in [5, 5.41) is 3.18. The van der Waals surface area contributed by atoms with Gasteiger partial charge >= 0.3 is 0 Å². The lowest BCUT2D eigenvalue weighted by Gasteiger charge is -2.05. The first kappa shape index (κ1) is 13.4. The number of fused-ring (bicyclic) bond motifs is 2. The van der Waals surface area contributed by atoms with Crippen LogP contribution in [-0.2, 0) is 0 Å². The molecule has 0 fully saturated rings. The van der Waals surface area contributed by atoms with Crippen LogP contribution in [0.5, 0.6) is 0 Å². The highest BCUT2D eigenvalue weighted by Gasteiger charge is 2.09. The Morgan fingerprint density at radius 3 is 2.83 bits per heavy atom. The molecule has 5 rings (SSSR count). The largest absolute Gasteiger partial charge is 0.296 e. The van der Waals surface area contributed by atoms with Crippen LogP contribution in [0.3, 0.4) is 0 Å². The zero-order valence-corrected chi connectivity index (χ0v) is 13.4.